The van der Waals surface area contributed by atoms with Gasteiger partial charge in [-0.3, -0.25) is 20.1 Å². The lowest BCUT2D eigenvalue weighted by atomic mass is 9.79. The van der Waals surface area contributed by atoms with Crippen molar-refractivity contribution in [2.75, 3.05) is 0 Å². The van der Waals surface area contributed by atoms with Gasteiger partial charge < -0.3 is 4.74 Å². The molecule has 0 radical (unpaired) electrons. The molecule has 0 unspecified atom stereocenters. The molecule has 0 heterocycles. The van der Waals surface area contributed by atoms with Crippen molar-refractivity contribution in [2.24, 2.45) is 0 Å². The van der Waals surface area contributed by atoms with E-state index in [1.807, 2.05) is 18.2 Å². The van der Waals surface area contributed by atoms with Crippen LogP contribution in [0.15, 0.2) is 54.6 Å². The van der Waals surface area contributed by atoms with E-state index in [1.165, 1.54) is 0 Å². The van der Waals surface area contributed by atoms with Crippen LogP contribution >= 0.6 is 0 Å². The molecule has 0 saturated carbocycles. The summed E-state index contributed by atoms with van der Waals surface area (Å²) in [6.45, 7) is 0. The Balaban J connectivity index is 2.28. The molecule has 0 saturated heterocycles. The Morgan fingerprint density at radius 1 is 0.778 bits per heavy atom. The molecular weight excluding hydrogens is 235 g/mol. The van der Waals surface area contributed by atoms with E-state index in [-0.39, 0.29) is 0 Å². The fraction of sp³-hybridized carbons (Fsp3) is 0. The van der Waals surface area contributed by atoms with Crippen molar-refractivity contribution < 1.29 is 24.9 Å². The van der Waals surface area contributed by atoms with Gasteiger partial charge >= 0.3 is 7.12 Å². The molecule has 2 aromatic carbocycles. The molecule has 0 spiro atoms. The summed E-state index contributed by atoms with van der Waals surface area (Å²) in [6.07, 6.45) is 0. The van der Waals surface area contributed by atoms with E-state index < -0.39 is 7.12 Å². The molecule has 2 rings (SSSR count). The van der Waals surface area contributed by atoms with E-state index in [9.17, 15) is 0 Å². The van der Waals surface area contributed by atoms with Gasteiger partial charge in [-0.2, -0.15) is 0 Å². The van der Waals surface area contributed by atoms with Crippen LogP contribution in [0, 0.1) is 0 Å². The molecule has 92 valence electrons. The van der Waals surface area contributed by atoms with Crippen molar-refractivity contribution in [3.63, 3.8) is 0 Å². The fourth-order valence-corrected chi connectivity index (χ4v) is 1.52. The van der Waals surface area contributed by atoms with Crippen molar-refractivity contribution in [3.05, 3.63) is 54.6 Å². The third-order valence-electron chi connectivity index (χ3n) is 2.34. The first-order chi connectivity index (χ1) is 8.85. The Kier molecular flexibility index (Phi) is 4.32. The summed E-state index contributed by atoms with van der Waals surface area (Å²) in [6, 6.07) is 15.8. The zero-order valence-electron chi connectivity index (χ0n) is 9.39. The quantitative estimate of drug-likeness (QED) is 0.480. The Hall–Kier alpha value is -1.86. The topological polar surface area (TPSA) is 68.2 Å². The summed E-state index contributed by atoms with van der Waals surface area (Å²) in [5.41, 5.74) is 0.367. The largest absolute Gasteiger partial charge is 0.557 e. The second kappa shape index (κ2) is 6.18. The van der Waals surface area contributed by atoms with Crippen LogP contribution in [-0.2, 0) is 9.61 Å². The van der Waals surface area contributed by atoms with E-state index in [4.69, 9.17) is 15.3 Å². The standard InChI is InChI=1S/C12H11BO5/c14-17-13(18-15)11-8-4-5-9-12(11)16-10-6-2-1-3-7-10/h1-9,14-15H. The molecule has 2 aromatic rings. The predicted octanol–water partition coefficient (Wildman–Crippen LogP) is 2.15. The Morgan fingerprint density at radius 2 is 1.39 bits per heavy atom. The van der Waals surface area contributed by atoms with Crippen LogP contribution in [-0.4, -0.2) is 17.6 Å². The van der Waals surface area contributed by atoms with Crippen molar-refractivity contribution in [3.8, 4) is 11.5 Å². The Labute approximate surface area is 104 Å². The van der Waals surface area contributed by atoms with Gasteiger partial charge in [0.15, 0.2) is 0 Å². The average Bonchev–Trinajstić information content (AvgIpc) is 2.43. The maximum atomic E-state index is 8.63. The van der Waals surface area contributed by atoms with Gasteiger partial charge in [-0.05, 0) is 18.2 Å². The van der Waals surface area contributed by atoms with Crippen LogP contribution in [0.25, 0.3) is 0 Å². The highest BCUT2D eigenvalue weighted by atomic mass is 17.2. The van der Waals surface area contributed by atoms with Gasteiger partial charge in [0.1, 0.15) is 11.5 Å². The van der Waals surface area contributed by atoms with Crippen LogP contribution in [0.2, 0.25) is 0 Å². The van der Waals surface area contributed by atoms with Crippen molar-refractivity contribution in [1.82, 2.24) is 0 Å². The van der Waals surface area contributed by atoms with Crippen LogP contribution in [0.3, 0.4) is 0 Å². The number of ether oxygens (including phenoxy) is 1. The lowest BCUT2D eigenvalue weighted by Gasteiger charge is -2.12. The third kappa shape index (κ3) is 2.88. The molecule has 0 aliphatic carbocycles. The number of rotatable bonds is 5. The second-order valence-corrected chi connectivity index (χ2v) is 3.50. The minimum Gasteiger partial charge on any atom is -0.458 e. The molecule has 2 N–H and O–H groups in total. The lowest BCUT2D eigenvalue weighted by Crippen LogP contribution is -2.35. The van der Waals surface area contributed by atoms with Gasteiger partial charge in [-0.1, -0.05) is 36.4 Å². The summed E-state index contributed by atoms with van der Waals surface area (Å²) in [4.78, 5) is 8.02. The van der Waals surface area contributed by atoms with Crippen molar-refractivity contribution in [1.29, 1.82) is 0 Å². The summed E-state index contributed by atoms with van der Waals surface area (Å²) in [5.74, 6) is 1.04. The average molecular weight is 246 g/mol. The second-order valence-electron chi connectivity index (χ2n) is 3.50. The highest BCUT2D eigenvalue weighted by Crippen LogP contribution is 2.19. The smallest absolute Gasteiger partial charge is 0.458 e. The molecule has 0 fully saturated rings. The molecule has 0 aliphatic heterocycles. The molecule has 18 heavy (non-hydrogen) atoms. The van der Waals surface area contributed by atoms with E-state index in [0.717, 1.165) is 0 Å². The highest BCUT2D eigenvalue weighted by molar-refractivity contribution is 6.61. The van der Waals surface area contributed by atoms with Gasteiger partial charge in [-0.25, -0.2) is 0 Å². The maximum Gasteiger partial charge on any atom is 0.557 e. The van der Waals surface area contributed by atoms with E-state index >= 15 is 0 Å². The number of benzene rings is 2. The highest BCUT2D eigenvalue weighted by Gasteiger charge is 2.26. The summed E-state index contributed by atoms with van der Waals surface area (Å²) >= 11 is 0. The molecule has 0 atom stereocenters. The molecule has 0 aromatic heterocycles. The molecule has 0 aliphatic rings. The maximum absolute atomic E-state index is 8.63. The van der Waals surface area contributed by atoms with Gasteiger partial charge in [0, 0.05) is 5.46 Å². The summed E-state index contributed by atoms with van der Waals surface area (Å²) in [5, 5.41) is 17.3. The van der Waals surface area contributed by atoms with E-state index in [2.05, 4.69) is 9.61 Å². The normalized spacial score (nSPS) is 10.1. The first-order valence-corrected chi connectivity index (χ1v) is 5.27. The van der Waals surface area contributed by atoms with Gasteiger partial charge in [0.2, 0.25) is 0 Å². The Bertz CT molecular complexity index is 487. The van der Waals surface area contributed by atoms with Crippen LogP contribution in [0.1, 0.15) is 0 Å². The SMILES string of the molecule is OOB(OO)c1ccccc1Oc1ccccc1. The van der Waals surface area contributed by atoms with Crippen LogP contribution in [0.4, 0.5) is 0 Å². The molecular formula is C12H11BO5. The van der Waals surface area contributed by atoms with Gasteiger partial charge in [0.25, 0.3) is 0 Å². The predicted molar refractivity (Wildman–Crippen MR) is 65.8 cm³/mol. The zero-order valence-corrected chi connectivity index (χ0v) is 9.39. The first-order valence-electron chi connectivity index (χ1n) is 5.27. The van der Waals surface area contributed by atoms with Gasteiger partial charge in [-0.15, -0.1) is 0 Å². The number of hydrogen-bond donors (Lipinski definition) is 2. The molecule has 0 bridgehead atoms. The number of hydrogen-bond acceptors (Lipinski definition) is 5. The van der Waals surface area contributed by atoms with Crippen molar-refractivity contribution >= 4 is 12.6 Å². The van der Waals surface area contributed by atoms with Crippen LogP contribution < -0.4 is 10.2 Å². The lowest BCUT2D eigenvalue weighted by molar-refractivity contribution is -0.221. The number of para-hydroxylation sites is 2. The minimum absolute atomic E-state index is 0.367. The minimum atomic E-state index is -1.31. The first kappa shape index (κ1) is 12.6. The van der Waals surface area contributed by atoms with Gasteiger partial charge in [0.05, 0.1) is 0 Å². The van der Waals surface area contributed by atoms with E-state index in [1.54, 1.807) is 36.4 Å². The molecule has 5 nitrogen and oxygen atoms in total. The summed E-state index contributed by atoms with van der Waals surface area (Å²) in [7, 11) is -1.31. The molecule has 0 amide bonds. The third-order valence-corrected chi connectivity index (χ3v) is 2.34. The molecule has 6 heteroatoms. The Morgan fingerprint density at radius 3 is 2.06 bits per heavy atom. The fourth-order valence-electron chi connectivity index (χ4n) is 1.52. The van der Waals surface area contributed by atoms with Crippen molar-refractivity contribution in [2.45, 2.75) is 0 Å². The van der Waals surface area contributed by atoms with E-state index in [0.29, 0.717) is 17.0 Å². The zero-order chi connectivity index (χ0) is 12.8. The summed E-state index contributed by atoms with van der Waals surface area (Å²) < 4.78 is 5.61. The monoisotopic (exact) mass is 246 g/mol. The van der Waals surface area contributed by atoms with Crippen LogP contribution in [0.5, 0.6) is 11.5 Å².